The highest BCUT2D eigenvalue weighted by atomic mass is 127. The number of nitrogens with one attached hydrogen (secondary N) is 2. The van der Waals surface area contributed by atoms with Crippen molar-refractivity contribution in [3.05, 3.63) is 0 Å². The average molecular weight is 405 g/mol. The van der Waals surface area contributed by atoms with Gasteiger partial charge in [-0.05, 0) is 43.9 Å². The first-order valence-corrected chi connectivity index (χ1v) is 7.04. The summed E-state index contributed by atoms with van der Waals surface area (Å²) < 4.78 is 36.3. The predicted octanol–water partition coefficient (Wildman–Crippen LogP) is 3.30. The summed E-state index contributed by atoms with van der Waals surface area (Å²) in [7, 11) is 0. The minimum Gasteiger partial charge on any atom is -0.357 e. The number of guanidine groups is 1. The third-order valence-corrected chi connectivity index (χ3v) is 3.93. The Morgan fingerprint density at radius 1 is 1.25 bits per heavy atom. The normalized spacial score (nSPS) is 21.1. The molecule has 3 nitrogen and oxygen atoms in total. The molecule has 0 saturated heterocycles. The molecule has 20 heavy (non-hydrogen) atoms. The Morgan fingerprint density at radius 2 is 1.90 bits per heavy atom. The van der Waals surface area contributed by atoms with Gasteiger partial charge in [0.15, 0.2) is 5.96 Å². The Kier molecular flexibility index (Phi) is 6.40. The lowest BCUT2D eigenvalue weighted by atomic mass is 10.0. The van der Waals surface area contributed by atoms with Gasteiger partial charge in [0.05, 0.1) is 6.42 Å². The Hall–Kier alpha value is -0.210. The van der Waals surface area contributed by atoms with Gasteiger partial charge >= 0.3 is 6.18 Å². The van der Waals surface area contributed by atoms with E-state index >= 15 is 0 Å². The monoisotopic (exact) mass is 405 g/mol. The summed E-state index contributed by atoms with van der Waals surface area (Å²) >= 11 is 0. The molecule has 118 valence electrons. The number of alkyl halides is 3. The second-order valence-electron chi connectivity index (χ2n) is 5.62. The summed E-state index contributed by atoms with van der Waals surface area (Å²) in [4.78, 5) is 4.46. The summed E-state index contributed by atoms with van der Waals surface area (Å²) in [5.74, 6) is 1.33. The van der Waals surface area contributed by atoms with Crippen molar-refractivity contribution < 1.29 is 13.2 Å². The molecule has 2 aliphatic carbocycles. The molecule has 2 saturated carbocycles. The highest BCUT2D eigenvalue weighted by molar-refractivity contribution is 14.0. The van der Waals surface area contributed by atoms with Crippen molar-refractivity contribution in [3.63, 3.8) is 0 Å². The zero-order valence-electron chi connectivity index (χ0n) is 11.7. The minimum atomic E-state index is -4.12. The van der Waals surface area contributed by atoms with Crippen LogP contribution in [0.4, 0.5) is 13.2 Å². The Labute approximate surface area is 135 Å². The van der Waals surface area contributed by atoms with Gasteiger partial charge in [-0.15, -0.1) is 24.0 Å². The van der Waals surface area contributed by atoms with Crippen LogP contribution in [0.2, 0.25) is 0 Å². The maximum atomic E-state index is 12.1. The molecule has 0 aromatic carbocycles. The van der Waals surface area contributed by atoms with E-state index in [-0.39, 0.29) is 30.5 Å². The number of halogens is 4. The van der Waals surface area contributed by atoms with Gasteiger partial charge in [0.25, 0.3) is 0 Å². The summed E-state index contributed by atoms with van der Waals surface area (Å²) in [6.07, 6.45) is 0.106. The standard InChI is InChI=1S/C13H22F3N3.HI/c1-2-17-11(18-8-7-13(14,15)16)19-9-12(5-6-12)10-3-4-10;/h10H,2-9H2,1H3,(H2,17,18,19);1H. The van der Waals surface area contributed by atoms with Crippen molar-refractivity contribution in [1.29, 1.82) is 0 Å². The van der Waals surface area contributed by atoms with E-state index in [1.165, 1.54) is 25.7 Å². The zero-order valence-corrected chi connectivity index (χ0v) is 14.1. The van der Waals surface area contributed by atoms with E-state index in [1.54, 1.807) is 0 Å². The molecule has 2 rings (SSSR count). The molecule has 2 N–H and O–H groups in total. The summed E-state index contributed by atoms with van der Waals surface area (Å²) in [5.41, 5.74) is 0.381. The maximum absolute atomic E-state index is 12.1. The molecule has 0 radical (unpaired) electrons. The van der Waals surface area contributed by atoms with E-state index in [9.17, 15) is 13.2 Å². The van der Waals surface area contributed by atoms with Gasteiger partial charge in [-0.25, -0.2) is 0 Å². The molecule has 2 aliphatic rings. The minimum absolute atomic E-state index is 0. The molecule has 0 amide bonds. The van der Waals surface area contributed by atoms with Crippen molar-refractivity contribution in [3.8, 4) is 0 Å². The predicted molar refractivity (Wildman–Crippen MR) is 84.5 cm³/mol. The van der Waals surface area contributed by atoms with Crippen LogP contribution in [0.25, 0.3) is 0 Å². The fraction of sp³-hybridized carbons (Fsp3) is 0.923. The second kappa shape index (κ2) is 7.17. The van der Waals surface area contributed by atoms with Gasteiger partial charge in [-0.2, -0.15) is 13.2 Å². The van der Waals surface area contributed by atoms with Gasteiger partial charge in [-0.1, -0.05) is 0 Å². The van der Waals surface area contributed by atoms with Crippen LogP contribution in [0.3, 0.4) is 0 Å². The van der Waals surface area contributed by atoms with E-state index in [4.69, 9.17) is 0 Å². The molecular weight excluding hydrogens is 382 g/mol. The number of aliphatic imine (C=N–C) groups is 1. The van der Waals surface area contributed by atoms with E-state index in [0.29, 0.717) is 17.9 Å². The third-order valence-electron chi connectivity index (χ3n) is 3.93. The molecule has 0 bridgehead atoms. The second-order valence-corrected chi connectivity index (χ2v) is 5.62. The Balaban J connectivity index is 0.00000200. The lowest BCUT2D eigenvalue weighted by molar-refractivity contribution is -0.132. The van der Waals surface area contributed by atoms with E-state index in [0.717, 1.165) is 12.5 Å². The molecule has 0 aromatic heterocycles. The van der Waals surface area contributed by atoms with Crippen LogP contribution < -0.4 is 10.6 Å². The highest BCUT2D eigenvalue weighted by Crippen LogP contribution is 2.61. The van der Waals surface area contributed by atoms with Crippen molar-refractivity contribution in [2.24, 2.45) is 16.3 Å². The summed E-state index contributed by atoms with van der Waals surface area (Å²) in [6, 6.07) is 0. The molecule has 0 heterocycles. The topological polar surface area (TPSA) is 36.4 Å². The number of rotatable bonds is 6. The zero-order chi connectivity index (χ0) is 13.9. The van der Waals surface area contributed by atoms with Crippen molar-refractivity contribution in [1.82, 2.24) is 10.6 Å². The first-order valence-electron chi connectivity index (χ1n) is 7.04. The molecular formula is C13H23F3IN3. The fourth-order valence-electron chi connectivity index (χ4n) is 2.45. The molecule has 0 spiro atoms. The van der Waals surface area contributed by atoms with Crippen LogP contribution in [-0.2, 0) is 0 Å². The molecule has 2 fully saturated rings. The summed E-state index contributed by atoms with van der Waals surface area (Å²) in [5, 5.41) is 5.76. The largest absolute Gasteiger partial charge is 0.390 e. The van der Waals surface area contributed by atoms with Gasteiger partial charge in [0, 0.05) is 19.6 Å². The first-order chi connectivity index (χ1) is 8.95. The molecule has 7 heteroatoms. The summed E-state index contributed by atoms with van der Waals surface area (Å²) in [6.45, 7) is 3.20. The lowest BCUT2D eigenvalue weighted by Crippen LogP contribution is -2.39. The van der Waals surface area contributed by atoms with E-state index in [2.05, 4.69) is 15.6 Å². The third kappa shape index (κ3) is 5.65. The molecule has 0 unspecified atom stereocenters. The van der Waals surface area contributed by atoms with Crippen LogP contribution in [0.5, 0.6) is 0 Å². The molecule has 0 aromatic rings. The van der Waals surface area contributed by atoms with Crippen molar-refractivity contribution >= 4 is 29.9 Å². The fourth-order valence-corrected chi connectivity index (χ4v) is 2.45. The quantitative estimate of drug-likeness (QED) is 0.404. The SMILES string of the molecule is CCNC(=NCC1(C2CC2)CC1)NCCC(F)(F)F.I. The number of nitrogens with zero attached hydrogens (tertiary/aromatic N) is 1. The smallest absolute Gasteiger partial charge is 0.357 e. The lowest BCUT2D eigenvalue weighted by Gasteiger charge is -2.15. The van der Waals surface area contributed by atoms with Gasteiger partial charge in [0.1, 0.15) is 0 Å². The van der Waals surface area contributed by atoms with Crippen LogP contribution in [0.15, 0.2) is 4.99 Å². The Bertz CT molecular complexity index is 336. The van der Waals surface area contributed by atoms with Crippen LogP contribution in [-0.4, -0.2) is 31.8 Å². The van der Waals surface area contributed by atoms with Crippen LogP contribution in [0.1, 0.15) is 39.0 Å². The van der Waals surface area contributed by atoms with Gasteiger partial charge in [-0.3, -0.25) is 4.99 Å². The Morgan fingerprint density at radius 3 is 2.35 bits per heavy atom. The van der Waals surface area contributed by atoms with Gasteiger partial charge < -0.3 is 10.6 Å². The van der Waals surface area contributed by atoms with Crippen molar-refractivity contribution in [2.45, 2.75) is 45.2 Å². The number of hydrogen-bond acceptors (Lipinski definition) is 1. The van der Waals surface area contributed by atoms with Crippen LogP contribution >= 0.6 is 24.0 Å². The van der Waals surface area contributed by atoms with Crippen LogP contribution in [0, 0.1) is 11.3 Å². The van der Waals surface area contributed by atoms with Crippen molar-refractivity contribution in [2.75, 3.05) is 19.6 Å². The highest BCUT2D eigenvalue weighted by Gasteiger charge is 2.53. The average Bonchev–Trinajstić information content (AvgIpc) is 3.14. The van der Waals surface area contributed by atoms with E-state index in [1.807, 2.05) is 6.92 Å². The molecule has 0 atom stereocenters. The van der Waals surface area contributed by atoms with E-state index < -0.39 is 12.6 Å². The maximum Gasteiger partial charge on any atom is 0.390 e. The molecule has 0 aliphatic heterocycles. The first kappa shape index (κ1) is 17.8. The number of hydrogen-bond donors (Lipinski definition) is 2. The van der Waals surface area contributed by atoms with Gasteiger partial charge in [0.2, 0.25) is 0 Å².